The monoisotopic (exact) mass is 365 g/mol. The molecule has 0 aliphatic rings. The van der Waals surface area contributed by atoms with E-state index in [2.05, 4.69) is 15.3 Å². The summed E-state index contributed by atoms with van der Waals surface area (Å²) in [5.74, 6) is -0.472. The molecule has 0 atom stereocenters. The lowest BCUT2D eigenvalue weighted by molar-refractivity contribution is -0.115. The molecule has 0 saturated heterocycles. The number of amides is 1. The normalized spacial score (nSPS) is 11.2. The van der Waals surface area contributed by atoms with E-state index < -0.39 is 0 Å². The minimum absolute atomic E-state index is 0.159. The Bertz CT molecular complexity index is 1150. The molecule has 2 heterocycles. The van der Waals surface area contributed by atoms with Gasteiger partial charge >= 0.3 is 0 Å². The fraction of sp³-hybridized carbons (Fsp3) is 0.150. The first kappa shape index (κ1) is 16.6. The van der Waals surface area contributed by atoms with Crippen LogP contribution >= 0.6 is 11.3 Å². The van der Waals surface area contributed by atoms with Crippen LogP contribution in [0.4, 0.5) is 9.52 Å². The number of thiazole rings is 1. The Hall–Kier alpha value is -2.86. The second-order valence-electron chi connectivity index (χ2n) is 6.17. The van der Waals surface area contributed by atoms with E-state index in [1.54, 1.807) is 6.07 Å². The van der Waals surface area contributed by atoms with E-state index in [9.17, 15) is 9.18 Å². The maximum Gasteiger partial charge on any atom is 0.230 e. The van der Waals surface area contributed by atoms with Gasteiger partial charge in [-0.3, -0.25) is 9.78 Å². The van der Waals surface area contributed by atoms with Crippen LogP contribution in [0.15, 0.2) is 42.5 Å². The summed E-state index contributed by atoms with van der Waals surface area (Å²) in [6, 6.07) is 12.3. The van der Waals surface area contributed by atoms with Crippen molar-refractivity contribution in [1.82, 2.24) is 9.97 Å². The van der Waals surface area contributed by atoms with E-state index in [0.29, 0.717) is 15.3 Å². The van der Waals surface area contributed by atoms with Crippen LogP contribution in [0.3, 0.4) is 0 Å². The van der Waals surface area contributed by atoms with Gasteiger partial charge in [0.15, 0.2) is 5.13 Å². The van der Waals surface area contributed by atoms with Gasteiger partial charge in [-0.2, -0.15) is 0 Å². The Labute approximate surface area is 153 Å². The highest BCUT2D eigenvalue weighted by Gasteiger charge is 2.14. The molecule has 0 aliphatic heterocycles. The predicted molar refractivity (Wildman–Crippen MR) is 103 cm³/mol. The van der Waals surface area contributed by atoms with Gasteiger partial charge in [0.25, 0.3) is 0 Å². The molecule has 0 radical (unpaired) electrons. The first-order chi connectivity index (χ1) is 12.5. The van der Waals surface area contributed by atoms with Crippen molar-refractivity contribution in [3.63, 3.8) is 0 Å². The SMILES string of the molecule is Cc1nc2ccccc2c(C)c1CC(=O)Nc1nc2ccc(F)cc2s1. The van der Waals surface area contributed by atoms with E-state index >= 15 is 0 Å². The van der Waals surface area contributed by atoms with Gasteiger partial charge in [-0.05, 0) is 49.2 Å². The van der Waals surface area contributed by atoms with Crippen LogP contribution in [-0.4, -0.2) is 15.9 Å². The molecule has 4 aromatic rings. The summed E-state index contributed by atoms with van der Waals surface area (Å²) in [5.41, 5.74) is 4.44. The molecule has 2 aromatic carbocycles. The van der Waals surface area contributed by atoms with Gasteiger partial charge in [0, 0.05) is 11.1 Å². The molecular formula is C20H16FN3OS. The third-order valence-electron chi connectivity index (χ3n) is 4.42. The molecule has 4 rings (SSSR count). The molecule has 0 aliphatic carbocycles. The Balaban J connectivity index is 1.60. The maximum atomic E-state index is 13.3. The number of anilines is 1. The van der Waals surface area contributed by atoms with E-state index in [4.69, 9.17) is 0 Å². The van der Waals surface area contributed by atoms with Crippen LogP contribution in [0.2, 0.25) is 0 Å². The largest absolute Gasteiger partial charge is 0.302 e. The number of nitrogens with one attached hydrogen (secondary N) is 1. The van der Waals surface area contributed by atoms with Gasteiger partial charge in [-0.25, -0.2) is 9.37 Å². The number of carbonyl (C=O) groups is 1. The molecule has 0 saturated carbocycles. The van der Waals surface area contributed by atoms with Gasteiger partial charge in [-0.15, -0.1) is 0 Å². The molecular weight excluding hydrogens is 349 g/mol. The highest BCUT2D eigenvalue weighted by Crippen LogP contribution is 2.27. The summed E-state index contributed by atoms with van der Waals surface area (Å²) >= 11 is 1.26. The number of nitrogens with zero attached hydrogens (tertiary/aromatic N) is 2. The number of para-hydroxylation sites is 1. The van der Waals surface area contributed by atoms with E-state index in [1.165, 1.54) is 23.5 Å². The van der Waals surface area contributed by atoms with Gasteiger partial charge in [0.1, 0.15) is 5.82 Å². The summed E-state index contributed by atoms with van der Waals surface area (Å²) in [5, 5.41) is 4.34. The summed E-state index contributed by atoms with van der Waals surface area (Å²) < 4.78 is 14.0. The highest BCUT2D eigenvalue weighted by molar-refractivity contribution is 7.22. The van der Waals surface area contributed by atoms with Crippen LogP contribution in [0.5, 0.6) is 0 Å². The number of hydrogen-bond donors (Lipinski definition) is 1. The lowest BCUT2D eigenvalue weighted by atomic mass is 9.99. The third-order valence-corrected chi connectivity index (χ3v) is 5.35. The Kier molecular flexibility index (Phi) is 4.12. The van der Waals surface area contributed by atoms with Gasteiger partial charge in [0.2, 0.25) is 5.91 Å². The molecule has 2 aromatic heterocycles. The molecule has 0 unspecified atom stereocenters. The fourth-order valence-electron chi connectivity index (χ4n) is 3.11. The van der Waals surface area contributed by atoms with Crippen molar-refractivity contribution < 1.29 is 9.18 Å². The fourth-order valence-corrected chi connectivity index (χ4v) is 4.01. The van der Waals surface area contributed by atoms with Crippen molar-refractivity contribution in [1.29, 1.82) is 0 Å². The lowest BCUT2D eigenvalue weighted by Crippen LogP contribution is -2.16. The topological polar surface area (TPSA) is 54.9 Å². The standard InChI is InChI=1S/C20H16FN3OS/c1-11-14-5-3-4-6-16(14)22-12(2)15(11)10-19(25)24-20-23-17-8-7-13(21)9-18(17)26-20/h3-9H,10H2,1-2H3,(H,23,24,25). The second-order valence-corrected chi connectivity index (χ2v) is 7.20. The Morgan fingerprint density at radius 1 is 1.12 bits per heavy atom. The van der Waals surface area contributed by atoms with Crippen LogP contribution in [-0.2, 0) is 11.2 Å². The van der Waals surface area contributed by atoms with Crippen LogP contribution < -0.4 is 5.32 Å². The number of hydrogen-bond acceptors (Lipinski definition) is 4. The second kappa shape index (κ2) is 6.46. The van der Waals surface area contributed by atoms with E-state index in [1.807, 2.05) is 38.1 Å². The maximum absolute atomic E-state index is 13.3. The van der Waals surface area contributed by atoms with Crippen LogP contribution in [0.1, 0.15) is 16.8 Å². The highest BCUT2D eigenvalue weighted by atomic mass is 32.1. The van der Waals surface area contributed by atoms with Gasteiger partial charge < -0.3 is 5.32 Å². The van der Waals surface area contributed by atoms with Gasteiger partial charge in [0.05, 0.1) is 22.2 Å². The van der Waals surface area contributed by atoms with Crippen molar-refractivity contribution in [2.45, 2.75) is 20.3 Å². The smallest absolute Gasteiger partial charge is 0.230 e. The molecule has 1 N–H and O–H groups in total. The first-order valence-electron chi connectivity index (χ1n) is 8.22. The first-order valence-corrected chi connectivity index (χ1v) is 9.03. The van der Waals surface area contributed by atoms with Crippen molar-refractivity contribution in [3.05, 3.63) is 65.1 Å². The van der Waals surface area contributed by atoms with Crippen molar-refractivity contribution in [2.24, 2.45) is 0 Å². The van der Waals surface area contributed by atoms with Crippen molar-refractivity contribution >= 4 is 43.5 Å². The summed E-state index contributed by atoms with van der Waals surface area (Å²) in [6.45, 7) is 3.93. The minimum atomic E-state index is -0.312. The zero-order valence-electron chi connectivity index (χ0n) is 14.3. The average Bonchev–Trinajstić information content (AvgIpc) is 2.99. The number of pyridine rings is 1. The number of rotatable bonds is 3. The van der Waals surface area contributed by atoms with E-state index in [-0.39, 0.29) is 18.1 Å². The number of carbonyl (C=O) groups excluding carboxylic acids is 1. The number of fused-ring (bicyclic) bond motifs is 2. The molecule has 0 fully saturated rings. The van der Waals surface area contributed by atoms with Crippen LogP contribution in [0, 0.1) is 19.7 Å². The molecule has 6 heteroatoms. The molecule has 4 nitrogen and oxygen atoms in total. The third kappa shape index (κ3) is 3.04. The van der Waals surface area contributed by atoms with Crippen molar-refractivity contribution in [2.75, 3.05) is 5.32 Å². The molecule has 26 heavy (non-hydrogen) atoms. The number of halogens is 1. The lowest BCUT2D eigenvalue weighted by Gasteiger charge is -2.12. The molecule has 0 bridgehead atoms. The quantitative estimate of drug-likeness (QED) is 0.568. The summed E-state index contributed by atoms with van der Waals surface area (Å²) in [4.78, 5) is 21.5. The van der Waals surface area contributed by atoms with E-state index in [0.717, 1.165) is 27.7 Å². The number of benzene rings is 2. The Morgan fingerprint density at radius 3 is 2.77 bits per heavy atom. The number of aromatic nitrogens is 2. The van der Waals surface area contributed by atoms with Gasteiger partial charge in [-0.1, -0.05) is 29.5 Å². The Morgan fingerprint density at radius 2 is 1.92 bits per heavy atom. The van der Waals surface area contributed by atoms with Crippen molar-refractivity contribution in [3.8, 4) is 0 Å². The zero-order valence-corrected chi connectivity index (χ0v) is 15.2. The molecule has 1 amide bonds. The average molecular weight is 365 g/mol. The minimum Gasteiger partial charge on any atom is -0.302 e. The predicted octanol–water partition coefficient (Wildman–Crippen LogP) is 4.78. The molecule has 130 valence electrons. The summed E-state index contributed by atoms with van der Waals surface area (Å²) in [6.07, 6.45) is 0.222. The number of aryl methyl sites for hydroxylation is 2. The van der Waals surface area contributed by atoms with Crippen LogP contribution in [0.25, 0.3) is 21.1 Å². The zero-order chi connectivity index (χ0) is 18.3. The summed E-state index contributed by atoms with van der Waals surface area (Å²) in [7, 11) is 0. The molecule has 0 spiro atoms.